The molecule has 1 unspecified atom stereocenters. The van der Waals surface area contributed by atoms with Crippen LogP contribution in [0.1, 0.15) is 25.8 Å². The van der Waals surface area contributed by atoms with Gasteiger partial charge >= 0.3 is 11.8 Å². The van der Waals surface area contributed by atoms with Crippen LogP contribution in [0.15, 0.2) is 18.2 Å². The van der Waals surface area contributed by atoms with E-state index in [1.807, 2.05) is 19.1 Å². The van der Waals surface area contributed by atoms with Gasteiger partial charge in [0.1, 0.15) is 0 Å². The van der Waals surface area contributed by atoms with Gasteiger partial charge in [-0.1, -0.05) is 0 Å². The third kappa shape index (κ3) is 4.55. The number of nitrogens with one attached hydrogen (secondary N) is 1. The first-order chi connectivity index (χ1) is 12.2. The van der Waals surface area contributed by atoms with E-state index in [0.717, 1.165) is 24.3 Å². The number of rotatable bonds is 5. The molecule has 1 aliphatic rings. The maximum Gasteiger partial charge on any atom is 0.313 e. The van der Waals surface area contributed by atoms with Gasteiger partial charge in [-0.3, -0.25) is 9.59 Å². The summed E-state index contributed by atoms with van der Waals surface area (Å²) in [4.78, 5) is 28.1. The van der Waals surface area contributed by atoms with Gasteiger partial charge in [0.15, 0.2) is 9.84 Å². The predicted molar refractivity (Wildman–Crippen MR) is 103 cm³/mol. The lowest BCUT2D eigenvalue weighted by atomic mass is 10.1. The third-order valence-corrected chi connectivity index (χ3v) is 6.61. The lowest BCUT2D eigenvalue weighted by molar-refractivity contribution is -0.143. The molecule has 0 aliphatic carbocycles. The van der Waals surface area contributed by atoms with E-state index in [4.69, 9.17) is 0 Å². The Morgan fingerprint density at radius 1 is 1.23 bits per heavy atom. The quantitative estimate of drug-likeness (QED) is 0.780. The van der Waals surface area contributed by atoms with Gasteiger partial charge in [-0.25, -0.2) is 8.42 Å². The number of sulfone groups is 1. The first-order valence-corrected chi connectivity index (χ1v) is 10.6. The van der Waals surface area contributed by atoms with E-state index >= 15 is 0 Å². The van der Waals surface area contributed by atoms with Gasteiger partial charge < -0.3 is 15.1 Å². The molecule has 26 heavy (non-hydrogen) atoms. The van der Waals surface area contributed by atoms with Crippen LogP contribution in [-0.2, 0) is 19.4 Å². The molecule has 1 N–H and O–H groups in total. The molecule has 1 heterocycles. The summed E-state index contributed by atoms with van der Waals surface area (Å²) in [6.45, 7) is 7.79. The molecule has 7 nitrogen and oxygen atoms in total. The molecule has 0 aromatic heterocycles. The fourth-order valence-electron chi connectivity index (χ4n) is 3.16. The minimum absolute atomic E-state index is 0.0584. The predicted octanol–water partition coefficient (Wildman–Crippen LogP) is 1.43. The van der Waals surface area contributed by atoms with E-state index in [2.05, 4.69) is 24.1 Å². The highest BCUT2D eigenvalue weighted by Gasteiger charge is 2.34. The second-order valence-corrected chi connectivity index (χ2v) is 8.83. The molecule has 0 bridgehead atoms. The number of benzene rings is 1. The highest BCUT2D eigenvalue weighted by molar-refractivity contribution is 7.91. The monoisotopic (exact) mass is 381 g/mol. The van der Waals surface area contributed by atoms with Crippen LogP contribution in [0.25, 0.3) is 0 Å². The van der Waals surface area contributed by atoms with Crippen molar-refractivity contribution in [1.82, 2.24) is 4.90 Å². The molecular formula is C18H27N3O4S. The van der Waals surface area contributed by atoms with Crippen molar-refractivity contribution < 1.29 is 18.0 Å². The van der Waals surface area contributed by atoms with E-state index in [9.17, 15) is 18.0 Å². The van der Waals surface area contributed by atoms with Gasteiger partial charge in [0.2, 0.25) is 0 Å². The Kier molecular flexibility index (Phi) is 6.28. The molecule has 1 aromatic rings. The molecule has 1 saturated heterocycles. The summed E-state index contributed by atoms with van der Waals surface area (Å²) in [6.07, 6.45) is 0.370. The maximum absolute atomic E-state index is 12.3. The zero-order chi connectivity index (χ0) is 19.5. The van der Waals surface area contributed by atoms with E-state index in [0.29, 0.717) is 12.1 Å². The number of carbonyl (C=O) groups is 2. The van der Waals surface area contributed by atoms with Crippen LogP contribution < -0.4 is 10.2 Å². The SMILES string of the molecule is CCN(CC)c1ccc(NC(=O)C(=O)N(C)C2CCS(=O)(=O)C2)c(C)c1. The van der Waals surface area contributed by atoms with E-state index in [1.54, 1.807) is 6.07 Å². The van der Waals surface area contributed by atoms with E-state index in [1.165, 1.54) is 11.9 Å². The molecule has 0 spiro atoms. The summed E-state index contributed by atoms with van der Waals surface area (Å²) in [5.41, 5.74) is 2.50. The van der Waals surface area contributed by atoms with Crippen LogP contribution in [0, 0.1) is 6.92 Å². The normalized spacial score (nSPS) is 18.4. The van der Waals surface area contributed by atoms with Gasteiger partial charge in [0.05, 0.1) is 11.5 Å². The van der Waals surface area contributed by atoms with Crippen molar-refractivity contribution in [1.29, 1.82) is 0 Å². The summed E-state index contributed by atoms with van der Waals surface area (Å²) in [5, 5.41) is 2.64. The topological polar surface area (TPSA) is 86.8 Å². The summed E-state index contributed by atoms with van der Waals surface area (Å²) < 4.78 is 23.1. The average molecular weight is 381 g/mol. The summed E-state index contributed by atoms with van der Waals surface area (Å²) in [7, 11) is -1.64. The van der Waals surface area contributed by atoms with Crippen LogP contribution in [0.5, 0.6) is 0 Å². The van der Waals surface area contributed by atoms with Crippen molar-refractivity contribution in [2.45, 2.75) is 33.2 Å². The van der Waals surface area contributed by atoms with Crippen LogP contribution in [0.2, 0.25) is 0 Å². The van der Waals surface area contributed by atoms with Crippen LogP contribution in [-0.4, -0.2) is 62.8 Å². The lowest BCUT2D eigenvalue weighted by Gasteiger charge is -2.24. The second-order valence-electron chi connectivity index (χ2n) is 6.60. The largest absolute Gasteiger partial charge is 0.372 e. The van der Waals surface area contributed by atoms with Crippen molar-refractivity contribution in [2.75, 3.05) is 41.9 Å². The average Bonchev–Trinajstić information content (AvgIpc) is 2.96. The molecule has 0 radical (unpaired) electrons. The van der Waals surface area contributed by atoms with Gasteiger partial charge in [0, 0.05) is 37.6 Å². The molecule has 1 aliphatic heterocycles. The Morgan fingerprint density at radius 2 is 1.88 bits per heavy atom. The maximum atomic E-state index is 12.3. The Balaban J connectivity index is 2.06. The number of carbonyl (C=O) groups excluding carboxylic acids is 2. The fraction of sp³-hybridized carbons (Fsp3) is 0.556. The molecule has 1 atom stereocenters. The minimum Gasteiger partial charge on any atom is -0.372 e. The molecule has 1 aromatic carbocycles. The van der Waals surface area contributed by atoms with Crippen molar-refractivity contribution in [3.8, 4) is 0 Å². The van der Waals surface area contributed by atoms with Crippen molar-refractivity contribution >= 4 is 33.0 Å². The number of amides is 2. The molecule has 2 amide bonds. The Hall–Kier alpha value is -2.09. The minimum atomic E-state index is -3.11. The fourth-order valence-corrected chi connectivity index (χ4v) is 4.93. The highest BCUT2D eigenvalue weighted by Crippen LogP contribution is 2.23. The number of likely N-dealkylation sites (N-methyl/N-ethyl adjacent to an activating group) is 1. The van der Waals surface area contributed by atoms with Crippen molar-refractivity contribution in [3.63, 3.8) is 0 Å². The number of hydrogen-bond donors (Lipinski definition) is 1. The van der Waals surface area contributed by atoms with Crippen molar-refractivity contribution in [3.05, 3.63) is 23.8 Å². The second kappa shape index (κ2) is 8.07. The molecule has 0 saturated carbocycles. The highest BCUT2D eigenvalue weighted by atomic mass is 32.2. The van der Waals surface area contributed by atoms with Crippen LogP contribution >= 0.6 is 0 Å². The molecular weight excluding hydrogens is 354 g/mol. The number of anilines is 2. The van der Waals surface area contributed by atoms with Crippen LogP contribution in [0.3, 0.4) is 0 Å². The summed E-state index contributed by atoms with van der Waals surface area (Å²) in [6, 6.07) is 5.23. The first-order valence-electron chi connectivity index (χ1n) is 8.82. The van der Waals surface area contributed by atoms with Crippen molar-refractivity contribution in [2.24, 2.45) is 0 Å². The zero-order valence-electron chi connectivity index (χ0n) is 15.8. The summed E-state index contributed by atoms with van der Waals surface area (Å²) >= 11 is 0. The Bertz CT molecular complexity index is 788. The molecule has 8 heteroatoms. The third-order valence-electron chi connectivity index (χ3n) is 4.86. The number of nitrogens with zero attached hydrogens (tertiary/aromatic N) is 2. The smallest absolute Gasteiger partial charge is 0.313 e. The Labute approximate surface area is 155 Å². The van der Waals surface area contributed by atoms with Gasteiger partial charge in [-0.2, -0.15) is 0 Å². The standard InChI is InChI=1S/C18H27N3O4S/c1-5-21(6-2)14-7-8-16(13(3)11-14)19-17(22)18(23)20(4)15-9-10-26(24,25)12-15/h7-8,11,15H,5-6,9-10,12H2,1-4H3,(H,19,22). The first kappa shape index (κ1) is 20.2. The number of hydrogen-bond acceptors (Lipinski definition) is 5. The van der Waals surface area contributed by atoms with Gasteiger partial charge in [0.25, 0.3) is 0 Å². The zero-order valence-corrected chi connectivity index (χ0v) is 16.6. The van der Waals surface area contributed by atoms with E-state index < -0.39 is 27.7 Å². The summed E-state index contributed by atoms with van der Waals surface area (Å²) in [5.74, 6) is -1.50. The lowest BCUT2D eigenvalue weighted by Crippen LogP contribution is -2.44. The molecule has 2 rings (SSSR count). The van der Waals surface area contributed by atoms with Gasteiger partial charge in [-0.05, 0) is 51.0 Å². The van der Waals surface area contributed by atoms with E-state index in [-0.39, 0.29) is 11.5 Å². The van der Waals surface area contributed by atoms with Crippen LogP contribution in [0.4, 0.5) is 11.4 Å². The molecule has 1 fully saturated rings. The number of aryl methyl sites for hydroxylation is 1. The molecule has 144 valence electrons. The van der Waals surface area contributed by atoms with Gasteiger partial charge in [-0.15, -0.1) is 0 Å². The Morgan fingerprint density at radius 3 is 2.38 bits per heavy atom.